The van der Waals surface area contributed by atoms with Crippen LogP contribution in [-0.4, -0.2) is 47.2 Å². The van der Waals surface area contributed by atoms with Gasteiger partial charge in [-0.3, -0.25) is 24.6 Å². The fourth-order valence-corrected chi connectivity index (χ4v) is 6.30. The molecule has 0 unspecified atom stereocenters. The number of rotatable bonds is 6. The van der Waals surface area contributed by atoms with E-state index in [1.54, 1.807) is 17.8 Å². The molecule has 33 heavy (non-hydrogen) atoms. The predicted molar refractivity (Wildman–Crippen MR) is 130 cm³/mol. The van der Waals surface area contributed by atoms with Gasteiger partial charge in [-0.15, -0.1) is 0 Å². The largest absolute Gasteiger partial charge is 0.324 e. The van der Waals surface area contributed by atoms with Crippen LogP contribution in [0.2, 0.25) is 5.02 Å². The predicted octanol–water partition coefficient (Wildman–Crippen LogP) is 3.36. The molecular weight excluding hydrogens is 458 g/mol. The average Bonchev–Trinajstić information content (AvgIpc) is 3.39. The second kappa shape index (κ2) is 8.46. The van der Waals surface area contributed by atoms with Crippen molar-refractivity contribution in [3.63, 3.8) is 0 Å². The van der Waals surface area contributed by atoms with Crippen LogP contribution in [0, 0.1) is 18.8 Å². The number of fused-ring (bicyclic) bond motifs is 4. The molecule has 0 saturated carbocycles. The van der Waals surface area contributed by atoms with Gasteiger partial charge in [-0.05, 0) is 49.0 Å². The van der Waals surface area contributed by atoms with Crippen molar-refractivity contribution in [3.8, 4) is 0 Å². The third-order valence-electron chi connectivity index (χ3n) is 7.28. The molecule has 5 rings (SSSR count). The van der Waals surface area contributed by atoms with Crippen LogP contribution in [0.4, 0.5) is 5.69 Å². The highest BCUT2D eigenvalue weighted by Crippen LogP contribution is 2.54. The summed E-state index contributed by atoms with van der Waals surface area (Å²) in [5.74, 6) is -1.23. The summed E-state index contributed by atoms with van der Waals surface area (Å²) < 4.78 is 0. The number of anilines is 1. The van der Waals surface area contributed by atoms with Gasteiger partial charge in [0, 0.05) is 23.2 Å². The van der Waals surface area contributed by atoms with Crippen LogP contribution in [0.5, 0.6) is 0 Å². The summed E-state index contributed by atoms with van der Waals surface area (Å²) in [6, 6.07) is 13.1. The molecule has 3 amide bonds. The minimum absolute atomic E-state index is 0.177. The number of carbonyl (C=O) groups is 3. The molecule has 2 aromatic carbocycles. The van der Waals surface area contributed by atoms with Crippen LogP contribution in [-0.2, 0) is 26.3 Å². The number of thioether (sulfide) groups is 1. The number of nitrogens with one attached hydrogen (secondary N) is 2. The van der Waals surface area contributed by atoms with Gasteiger partial charge in [0.05, 0.1) is 17.5 Å². The fourth-order valence-electron chi connectivity index (χ4n) is 5.65. The van der Waals surface area contributed by atoms with Crippen molar-refractivity contribution >= 4 is 46.8 Å². The van der Waals surface area contributed by atoms with Gasteiger partial charge in [0.25, 0.3) is 0 Å². The van der Waals surface area contributed by atoms with Gasteiger partial charge in [-0.2, -0.15) is 11.8 Å². The third-order valence-corrected chi connectivity index (χ3v) is 8.33. The number of imide groups is 1. The summed E-state index contributed by atoms with van der Waals surface area (Å²) in [7, 11) is 0. The molecule has 6 nitrogen and oxygen atoms in total. The number of likely N-dealkylation sites (tertiary alicyclic amines) is 1. The van der Waals surface area contributed by atoms with Gasteiger partial charge in [-0.1, -0.05) is 48.0 Å². The van der Waals surface area contributed by atoms with E-state index in [9.17, 15) is 14.4 Å². The quantitative estimate of drug-likeness (QED) is 0.616. The summed E-state index contributed by atoms with van der Waals surface area (Å²) >= 11 is 8.00. The van der Waals surface area contributed by atoms with E-state index in [-0.39, 0.29) is 23.8 Å². The maximum Gasteiger partial charge on any atom is 0.250 e. The topological polar surface area (TPSA) is 78.5 Å². The normalized spacial score (nSPS) is 27.9. The maximum absolute atomic E-state index is 13.8. The van der Waals surface area contributed by atoms with Crippen LogP contribution >= 0.6 is 23.4 Å². The Hall–Kier alpha value is -2.35. The van der Waals surface area contributed by atoms with E-state index in [1.165, 1.54) is 4.90 Å². The molecule has 2 fully saturated rings. The van der Waals surface area contributed by atoms with E-state index in [1.807, 2.05) is 49.6 Å². The Morgan fingerprint density at radius 1 is 1.09 bits per heavy atom. The van der Waals surface area contributed by atoms with Crippen molar-refractivity contribution in [2.45, 2.75) is 31.3 Å². The number of benzene rings is 2. The molecule has 2 saturated heterocycles. The fraction of sp³-hybridized carbons (Fsp3) is 0.400. The molecule has 0 aromatic heterocycles. The molecule has 0 aliphatic carbocycles. The van der Waals surface area contributed by atoms with Crippen LogP contribution in [0.25, 0.3) is 0 Å². The third kappa shape index (κ3) is 3.32. The summed E-state index contributed by atoms with van der Waals surface area (Å²) in [6.45, 7) is 2.17. The lowest BCUT2D eigenvalue weighted by atomic mass is 9.76. The van der Waals surface area contributed by atoms with Gasteiger partial charge in [0.15, 0.2) is 0 Å². The van der Waals surface area contributed by atoms with Gasteiger partial charge in [0.1, 0.15) is 5.54 Å². The Morgan fingerprint density at radius 3 is 2.58 bits per heavy atom. The van der Waals surface area contributed by atoms with Gasteiger partial charge >= 0.3 is 0 Å². The zero-order valence-corrected chi connectivity index (χ0v) is 20.1. The number of hydrogen-bond donors (Lipinski definition) is 2. The minimum atomic E-state index is -1.26. The molecule has 3 heterocycles. The molecule has 0 bridgehead atoms. The Bertz CT molecular complexity index is 1140. The Morgan fingerprint density at radius 2 is 1.85 bits per heavy atom. The van der Waals surface area contributed by atoms with Gasteiger partial charge in [-0.25, -0.2) is 0 Å². The molecule has 172 valence electrons. The standard InChI is InChI=1S/C25H26ClN3O3S/c1-14-17(26)9-8-16-21(14)27-24(32)25(16)20-19(18(28-25)11-13-33-2)22(30)29(23(20)31)12-10-15-6-4-3-5-7-15/h3-9,18-20,28H,10-13H2,1-2H3,(H,27,32)/t18-,19-,20-,25-/m1/s1. The molecule has 0 radical (unpaired) electrons. The molecule has 2 N–H and O–H groups in total. The zero-order chi connectivity index (χ0) is 23.3. The van der Waals surface area contributed by atoms with E-state index in [0.717, 1.165) is 16.9 Å². The highest BCUT2D eigenvalue weighted by molar-refractivity contribution is 7.98. The number of nitrogens with zero attached hydrogens (tertiary/aromatic N) is 1. The van der Waals surface area contributed by atoms with Gasteiger partial charge < -0.3 is 5.32 Å². The summed E-state index contributed by atoms with van der Waals surface area (Å²) in [6.07, 6.45) is 3.30. The summed E-state index contributed by atoms with van der Waals surface area (Å²) in [4.78, 5) is 42.2. The van der Waals surface area contributed by atoms with Crippen molar-refractivity contribution in [1.29, 1.82) is 0 Å². The number of carbonyl (C=O) groups excluding carboxylic acids is 3. The molecule has 1 spiro atoms. The Balaban J connectivity index is 1.54. The first-order valence-electron chi connectivity index (χ1n) is 11.2. The monoisotopic (exact) mass is 483 g/mol. The van der Waals surface area contributed by atoms with E-state index >= 15 is 0 Å². The smallest absolute Gasteiger partial charge is 0.250 e. The second-order valence-corrected chi connectivity index (χ2v) is 10.3. The zero-order valence-electron chi connectivity index (χ0n) is 18.6. The Kier molecular flexibility index (Phi) is 5.75. The number of amides is 3. The van der Waals surface area contributed by atoms with Crippen LogP contribution in [0.3, 0.4) is 0 Å². The summed E-state index contributed by atoms with van der Waals surface area (Å²) in [5.41, 5.74) is 1.93. The van der Waals surface area contributed by atoms with Crippen LogP contribution in [0.1, 0.15) is 23.1 Å². The first-order chi connectivity index (χ1) is 15.9. The lowest BCUT2D eigenvalue weighted by molar-refractivity contribution is -0.142. The maximum atomic E-state index is 13.8. The highest BCUT2D eigenvalue weighted by Gasteiger charge is 2.70. The van der Waals surface area contributed by atoms with Crippen LogP contribution < -0.4 is 10.6 Å². The molecule has 2 aromatic rings. The van der Waals surface area contributed by atoms with Crippen molar-refractivity contribution in [2.75, 3.05) is 23.9 Å². The van der Waals surface area contributed by atoms with E-state index in [4.69, 9.17) is 11.6 Å². The molecule has 4 atom stereocenters. The van der Waals surface area contributed by atoms with E-state index < -0.39 is 17.4 Å². The first kappa shape index (κ1) is 22.4. The highest BCUT2D eigenvalue weighted by atomic mass is 35.5. The molecular formula is C25H26ClN3O3S. The second-order valence-electron chi connectivity index (χ2n) is 8.96. The number of hydrogen-bond acceptors (Lipinski definition) is 5. The Labute approximate surface area is 202 Å². The lowest BCUT2D eigenvalue weighted by Crippen LogP contribution is -2.53. The first-order valence-corrected chi connectivity index (χ1v) is 12.9. The van der Waals surface area contributed by atoms with Gasteiger partial charge in [0.2, 0.25) is 17.7 Å². The van der Waals surface area contributed by atoms with E-state index in [0.29, 0.717) is 35.7 Å². The minimum Gasteiger partial charge on any atom is -0.324 e. The summed E-state index contributed by atoms with van der Waals surface area (Å²) in [5, 5.41) is 6.99. The van der Waals surface area contributed by atoms with Crippen molar-refractivity contribution in [2.24, 2.45) is 11.8 Å². The lowest BCUT2D eigenvalue weighted by Gasteiger charge is -2.29. The van der Waals surface area contributed by atoms with E-state index in [2.05, 4.69) is 10.6 Å². The van der Waals surface area contributed by atoms with Crippen molar-refractivity contribution in [3.05, 3.63) is 64.2 Å². The van der Waals surface area contributed by atoms with Crippen molar-refractivity contribution in [1.82, 2.24) is 10.2 Å². The number of halogens is 1. The molecule has 3 aliphatic heterocycles. The average molecular weight is 484 g/mol. The molecule has 8 heteroatoms. The van der Waals surface area contributed by atoms with Crippen LogP contribution in [0.15, 0.2) is 42.5 Å². The van der Waals surface area contributed by atoms with Crippen molar-refractivity contribution < 1.29 is 14.4 Å². The SMILES string of the molecule is CSCC[C@H]1N[C@@]2(C(=O)Nc3c2ccc(Cl)c3C)[C@H]2C(=O)N(CCc3ccccc3)C(=O)[C@H]12. The molecule has 3 aliphatic rings.